The van der Waals surface area contributed by atoms with Crippen molar-refractivity contribution in [3.05, 3.63) is 0 Å². The van der Waals surface area contributed by atoms with Crippen LogP contribution in [0.3, 0.4) is 0 Å². The molecule has 0 radical (unpaired) electrons. The molecule has 1 heterocycles. The zero-order chi connectivity index (χ0) is 8.48. The molecule has 0 bridgehead atoms. The minimum absolute atomic E-state index is 0.404. The lowest BCUT2D eigenvalue weighted by molar-refractivity contribution is 0.910. The lowest BCUT2D eigenvalue weighted by Gasteiger charge is -2.22. The molecule has 0 unspecified atom stereocenters. The highest BCUT2D eigenvalue weighted by Crippen LogP contribution is 2.03. The van der Waals surface area contributed by atoms with Crippen LogP contribution in [0.5, 0.6) is 0 Å². The van der Waals surface area contributed by atoms with Crippen LogP contribution >= 0.6 is 0 Å². The van der Waals surface area contributed by atoms with Crippen LogP contribution in [-0.4, -0.2) is 26.2 Å². The van der Waals surface area contributed by atoms with Crippen LogP contribution in [-0.2, 0) is 0 Å². The van der Waals surface area contributed by atoms with Gasteiger partial charge in [-0.1, -0.05) is 19.6 Å². The highest BCUT2D eigenvalue weighted by molar-refractivity contribution is 7.04. The maximum atomic E-state index is 5.47. The first-order chi connectivity index (χ1) is 5.00. The van der Waals surface area contributed by atoms with Crippen molar-refractivity contribution < 1.29 is 0 Å². The minimum atomic E-state index is -1.32. The highest BCUT2D eigenvalue weighted by Gasteiger charge is 2.23. The molecule has 1 aliphatic rings. The number of nitrogens with zero attached hydrogens (tertiary/aromatic N) is 2. The summed E-state index contributed by atoms with van der Waals surface area (Å²) >= 11 is 0. The third-order valence-electron chi connectivity index (χ3n) is 1.42. The van der Waals surface area contributed by atoms with E-state index in [2.05, 4.69) is 34.9 Å². The van der Waals surface area contributed by atoms with Gasteiger partial charge in [-0.3, -0.25) is 0 Å². The Morgan fingerprint density at radius 1 is 1.45 bits per heavy atom. The molecule has 0 atom stereocenters. The van der Waals surface area contributed by atoms with E-state index in [0.717, 1.165) is 5.46 Å². The smallest absolute Gasteiger partial charge is 0.218 e. The molecule has 11 heavy (non-hydrogen) atoms. The van der Waals surface area contributed by atoms with Crippen molar-refractivity contribution in [2.24, 2.45) is 15.7 Å². The first-order valence-electron chi connectivity index (χ1n) is 3.63. The molecule has 4 nitrogen and oxygen atoms in total. The van der Waals surface area contributed by atoms with E-state index in [0.29, 0.717) is 12.6 Å². The summed E-state index contributed by atoms with van der Waals surface area (Å²) in [5, 5.41) is 3.13. The molecule has 62 valence electrons. The molecule has 0 aromatic heterocycles. The summed E-state index contributed by atoms with van der Waals surface area (Å²) in [5.74, 6) is 0.404. The fraction of sp³-hybridized carbons (Fsp3) is 0.667. The second-order valence-electron chi connectivity index (χ2n) is 3.56. The molecule has 1 rings (SSSR count). The molecule has 3 N–H and O–H groups in total. The zero-order valence-electron chi connectivity index (χ0n) is 7.18. The summed E-state index contributed by atoms with van der Waals surface area (Å²) in [6.45, 7) is 7.24. The fourth-order valence-electron chi connectivity index (χ4n) is 0.818. The molecule has 0 saturated heterocycles. The monoisotopic (exact) mass is 170 g/mol. The third-order valence-corrected chi connectivity index (χ3v) is 3.13. The van der Waals surface area contributed by atoms with Crippen LogP contribution in [0.1, 0.15) is 0 Å². The lowest BCUT2D eigenvalue weighted by Crippen LogP contribution is -2.47. The second kappa shape index (κ2) is 2.65. The number of guanidine groups is 1. The van der Waals surface area contributed by atoms with Gasteiger partial charge in [0.15, 0.2) is 0 Å². The van der Waals surface area contributed by atoms with Gasteiger partial charge in [0.25, 0.3) is 0 Å². The highest BCUT2D eigenvalue weighted by atomic mass is 28.3. The van der Waals surface area contributed by atoms with Crippen molar-refractivity contribution in [2.45, 2.75) is 19.6 Å². The predicted molar refractivity (Wildman–Crippen MR) is 50.4 cm³/mol. The fourth-order valence-corrected chi connectivity index (χ4v) is 1.88. The molecule has 0 aromatic rings. The summed E-state index contributed by atoms with van der Waals surface area (Å²) in [6.07, 6.45) is 0. The summed E-state index contributed by atoms with van der Waals surface area (Å²) in [7, 11) is -1.32. The lowest BCUT2D eigenvalue weighted by atomic mass is 10.8. The van der Waals surface area contributed by atoms with Crippen molar-refractivity contribution in [2.75, 3.05) is 6.67 Å². The van der Waals surface area contributed by atoms with Crippen molar-refractivity contribution in [3.8, 4) is 0 Å². The van der Waals surface area contributed by atoms with Gasteiger partial charge in [-0.15, -0.1) is 0 Å². The molecule has 5 heteroatoms. The van der Waals surface area contributed by atoms with E-state index in [1.807, 2.05) is 0 Å². The summed E-state index contributed by atoms with van der Waals surface area (Å²) in [5.41, 5.74) is 6.51. The topological polar surface area (TPSA) is 62.8 Å². The standard InChI is InChI=1S/C6H14N4Si/c1-11(2,3)6-9-4-8-5(7)10-6/h4H2,1-3H3,(H3,7,8,9,10). The molecule has 0 saturated carbocycles. The van der Waals surface area contributed by atoms with Crippen molar-refractivity contribution >= 4 is 19.5 Å². The van der Waals surface area contributed by atoms with E-state index in [-0.39, 0.29) is 0 Å². The van der Waals surface area contributed by atoms with E-state index in [4.69, 9.17) is 5.73 Å². The van der Waals surface area contributed by atoms with Gasteiger partial charge in [-0.25, -0.2) is 9.98 Å². The minimum Gasteiger partial charge on any atom is -0.368 e. The number of amidine groups is 1. The average Bonchev–Trinajstić information content (AvgIpc) is 1.86. The largest absolute Gasteiger partial charge is 0.368 e. The van der Waals surface area contributed by atoms with Crippen LogP contribution in [0.4, 0.5) is 0 Å². The van der Waals surface area contributed by atoms with Crippen LogP contribution in [0, 0.1) is 0 Å². The number of rotatable bonds is 1. The van der Waals surface area contributed by atoms with Crippen molar-refractivity contribution in [1.82, 2.24) is 5.32 Å². The molecule has 1 aliphatic heterocycles. The Labute approximate surface area is 67.6 Å². The van der Waals surface area contributed by atoms with Crippen LogP contribution in [0.15, 0.2) is 9.98 Å². The van der Waals surface area contributed by atoms with Gasteiger partial charge in [0.2, 0.25) is 5.96 Å². The van der Waals surface area contributed by atoms with Crippen molar-refractivity contribution in [1.29, 1.82) is 0 Å². The van der Waals surface area contributed by atoms with Gasteiger partial charge in [0.05, 0.1) is 5.46 Å². The first-order valence-corrected chi connectivity index (χ1v) is 7.13. The SMILES string of the molecule is C[Si](C)(C)C1=NC(N)=NCN1. The van der Waals surface area contributed by atoms with Gasteiger partial charge >= 0.3 is 0 Å². The van der Waals surface area contributed by atoms with Gasteiger partial charge in [-0.2, -0.15) is 0 Å². The predicted octanol–water partition coefficient (Wildman–Crippen LogP) is 0.138. The second-order valence-corrected chi connectivity index (χ2v) is 8.54. The van der Waals surface area contributed by atoms with E-state index in [9.17, 15) is 0 Å². The first kappa shape index (κ1) is 8.26. The zero-order valence-corrected chi connectivity index (χ0v) is 8.18. The van der Waals surface area contributed by atoms with Gasteiger partial charge < -0.3 is 11.1 Å². The molecular weight excluding hydrogens is 156 g/mol. The van der Waals surface area contributed by atoms with Crippen LogP contribution < -0.4 is 11.1 Å². The van der Waals surface area contributed by atoms with Gasteiger partial charge in [0, 0.05) is 0 Å². The van der Waals surface area contributed by atoms with E-state index >= 15 is 0 Å². The Bertz CT molecular complexity index is 213. The van der Waals surface area contributed by atoms with E-state index in [1.165, 1.54) is 0 Å². The number of hydrogen-bond acceptors (Lipinski definition) is 4. The summed E-state index contributed by atoms with van der Waals surface area (Å²) in [6, 6.07) is 0. The quantitative estimate of drug-likeness (QED) is 0.550. The normalized spacial score (nSPS) is 18.5. The molecule has 0 amide bonds. The number of aliphatic imine (C=N–C) groups is 2. The Morgan fingerprint density at radius 3 is 2.45 bits per heavy atom. The number of hydrogen-bond donors (Lipinski definition) is 2. The maximum Gasteiger partial charge on any atom is 0.218 e. The van der Waals surface area contributed by atoms with E-state index < -0.39 is 8.07 Å². The summed E-state index contributed by atoms with van der Waals surface area (Å²) < 4.78 is 0. The number of nitrogens with two attached hydrogens (primary N) is 1. The Hall–Kier alpha value is -0.843. The number of nitrogens with one attached hydrogen (secondary N) is 1. The Morgan fingerprint density at radius 2 is 2.09 bits per heavy atom. The molecule has 0 aliphatic carbocycles. The average molecular weight is 170 g/mol. The van der Waals surface area contributed by atoms with E-state index in [1.54, 1.807) is 0 Å². The molecular formula is C6H14N4Si. The Kier molecular flexibility index (Phi) is 1.99. The van der Waals surface area contributed by atoms with Crippen LogP contribution in [0.25, 0.3) is 0 Å². The Balaban J connectivity index is 2.82. The van der Waals surface area contributed by atoms with Gasteiger partial charge in [0.1, 0.15) is 14.7 Å². The molecule has 0 fully saturated rings. The maximum absolute atomic E-state index is 5.47. The summed E-state index contributed by atoms with van der Waals surface area (Å²) in [4.78, 5) is 8.06. The molecule has 0 aromatic carbocycles. The third kappa shape index (κ3) is 2.04. The van der Waals surface area contributed by atoms with Crippen LogP contribution in [0.2, 0.25) is 19.6 Å². The van der Waals surface area contributed by atoms with Gasteiger partial charge in [-0.05, 0) is 0 Å². The molecule has 0 spiro atoms. The van der Waals surface area contributed by atoms with Crippen molar-refractivity contribution in [3.63, 3.8) is 0 Å².